The monoisotopic (exact) mass is 201 g/mol. The summed E-state index contributed by atoms with van der Waals surface area (Å²) in [6, 6.07) is 12.3. The van der Waals surface area contributed by atoms with Crippen LogP contribution in [0.25, 0.3) is 0 Å². The summed E-state index contributed by atoms with van der Waals surface area (Å²) in [6.07, 6.45) is 0. The van der Waals surface area contributed by atoms with E-state index >= 15 is 0 Å². The van der Waals surface area contributed by atoms with Gasteiger partial charge in [-0.25, -0.2) is 0 Å². The second kappa shape index (κ2) is 4.92. The molecule has 0 radical (unpaired) electrons. The highest BCUT2D eigenvalue weighted by molar-refractivity contribution is 5.24. The number of benzene rings is 1. The van der Waals surface area contributed by atoms with Crippen LogP contribution >= 0.6 is 0 Å². The van der Waals surface area contributed by atoms with Gasteiger partial charge in [0.25, 0.3) is 0 Å². The third-order valence-electron chi connectivity index (χ3n) is 2.75. The van der Waals surface area contributed by atoms with E-state index in [0.717, 1.165) is 31.7 Å². The van der Waals surface area contributed by atoms with E-state index in [0.29, 0.717) is 0 Å². The maximum atomic E-state index is 9.22. The predicted molar refractivity (Wildman–Crippen MR) is 59.2 cm³/mol. The molecule has 1 fully saturated rings. The SMILES string of the molecule is N#C[C@H](c1ccccc1)N1CCNCC1. The van der Waals surface area contributed by atoms with Crippen molar-refractivity contribution in [2.24, 2.45) is 0 Å². The van der Waals surface area contributed by atoms with Crippen LogP contribution in [0.15, 0.2) is 30.3 Å². The summed E-state index contributed by atoms with van der Waals surface area (Å²) in [6.45, 7) is 3.86. The number of piperazine rings is 1. The minimum Gasteiger partial charge on any atom is -0.314 e. The van der Waals surface area contributed by atoms with E-state index in [2.05, 4.69) is 16.3 Å². The Bertz CT molecular complexity index is 336. The van der Waals surface area contributed by atoms with E-state index in [1.54, 1.807) is 0 Å². The van der Waals surface area contributed by atoms with Crippen LogP contribution in [0, 0.1) is 11.3 Å². The highest BCUT2D eigenvalue weighted by atomic mass is 15.2. The summed E-state index contributed by atoms with van der Waals surface area (Å²) in [7, 11) is 0. The average molecular weight is 201 g/mol. The lowest BCUT2D eigenvalue weighted by Crippen LogP contribution is -2.44. The van der Waals surface area contributed by atoms with Crippen molar-refractivity contribution in [2.45, 2.75) is 6.04 Å². The van der Waals surface area contributed by atoms with Crippen molar-refractivity contribution < 1.29 is 0 Å². The molecule has 0 saturated carbocycles. The Balaban J connectivity index is 2.14. The van der Waals surface area contributed by atoms with Gasteiger partial charge in [-0.1, -0.05) is 30.3 Å². The first kappa shape index (κ1) is 10.2. The van der Waals surface area contributed by atoms with Gasteiger partial charge in [-0.05, 0) is 5.56 Å². The number of hydrogen-bond acceptors (Lipinski definition) is 3. The van der Waals surface area contributed by atoms with E-state index in [1.807, 2.05) is 30.3 Å². The fourth-order valence-corrected chi connectivity index (χ4v) is 1.94. The summed E-state index contributed by atoms with van der Waals surface area (Å²) in [5.74, 6) is 0. The first-order chi connectivity index (χ1) is 7.42. The third kappa shape index (κ3) is 2.35. The van der Waals surface area contributed by atoms with Gasteiger partial charge in [-0.15, -0.1) is 0 Å². The van der Waals surface area contributed by atoms with Gasteiger partial charge in [-0.2, -0.15) is 5.26 Å². The normalized spacial score (nSPS) is 19.4. The molecule has 0 amide bonds. The summed E-state index contributed by atoms with van der Waals surface area (Å²) in [5.41, 5.74) is 1.10. The molecule has 78 valence electrons. The molecule has 1 aromatic rings. The van der Waals surface area contributed by atoms with Crippen molar-refractivity contribution in [1.82, 2.24) is 10.2 Å². The van der Waals surface area contributed by atoms with Gasteiger partial charge in [0.15, 0.2) is 0 Å². The molecule has 0 spiro atoms. The Morgan fingerprint density at radius 1 is 1.20 bits per heavy atom. The van der Waals surface area contributed by atoms with Gasteiger partial charge in [0, 0.05) is 26.2 Å². The largest absolute Gasteiger partial charge is 0.314 e. The molecule has 3 heteroatoms. The van der Waals surface area contributed by atoms with Crippen LogP contribution in [0.3, 0.4) is 0 Å². The second-order valence-electron chi connectivity index (χ2n) is 3.73. The molecule has 1 aliphatic rings. The van der Waals surface area contributed by atoms with Crippen molar-refractivity contribution in [1.29, 1.82) is 5.26 Å². The van der Waals surface area contributed by atoms with E-state index in [9.17, 15) is 5.26 Å². The van der Waals surface area contributed by atoms with Gasteiger partial charge in [0.05, 0.1) is 6.07 Å². The highest BCUT2D eigenvalue weighted by Crippen LogP contribution is 2.19. The van der Waals surface area contributed by atoms with E-state index in [4.69, 9.17) is 0 Å². The average Bonchev–Trinajstić information content (AvgIpc) is 2.33. The lowest BCUT2D eigenvalue weighted by Gasteiger charge is -2.31. The van der Waals surface area contributed by atoms with Crippen LogP contribution in [0.4, 0.5) is 0 Å². The first-order valence-electron chi connectivity index (χ1n) is 5.31. The number of hydrogen-bond donors (Lipinski definition) is 1. The van der Waals surface area contributed by atoms with E-state index in [-0.39, 0.29) is 6.04 Å². The van der Waals surface area contributed by atoms with Crippen molar-refractivity contribution in [3.8, 4) is 6.07 Å². The van der Waals surface area contributed by atoms with Gasteiger partial charge in [0.2, 0.25) is 0 Å². The molecule has 2 rings (SSSR count). The number of rotatable bonds is 2. The molecule has 1 heterocycles. The van der Waals surface area contributed by atoms with Crippen LogP contribution in [0.2, 0.25) is 0 Å². The number of nitrogens with zero attached hydrogens (tertiary/aromatic N) is 2. The molecule has 0 aromatic heterocycles. The molecule has 0 aliphatic carbocycles. The molecule has 1 aliphatic heterocycles. The Morgan fingerprint density at radius 3 is 2.47 bits per heavy atom. The smallest absolute Gasteiger partial charge is 0.123 e. The van der Waals surface area contributed by atoms with Crippen molar-refractivity contribution in [3.63, 3.8) is 0 Å². The molecule has 15 heavy (non-hydrogen) atoms. The minimum absolute atomic E-state index is 0.0895. The summed E-state index contributed by atoms with van der Waals surface area (Å²) >= 11 is 0. The van der Waals surface area contributed by atoms with Crippen LogP contribution in [-0.4, -0.2) is 31.1 Å². The van der Waals surface area contributed by atoms with Crippen LogP contribution in [-0.2, 0) is 0 Å². The molecular formula is C12H15N3. The second-order valence-corrected chi connectivity index (χ2v) is 3.73. The maximum Gasteiger partial charge on any atom is 0.123 e. The number of nitrogens with one attached hydrogen (secondary N) is 1. The molecule has 0 bridgehead atoms. The minimum atomic E-state index is -0.0895. The van der Waals surface area contributed by atoms with Crippen molar-refractivity contribution in [2.75, 3.05) is 26.2 Å². The standard InChI is InChI=1S/C12H15N3/c13-10-12(11-4-2-1-3-5-11)15-8-6-14-7-9-15/h1-5,12,14H,6-9H2/t12-/m1/s1. The zero-order valence-electron chi connectivity index (χ0n) is 8.69. The van der Waals surface area contributed by atoms with Gasteiger partial charge < -0.3 is 5.32 Å². The first-order valence-corrected chi connectivity index (χ1v) is 5.31. The Hall–Kier alpha value is -1.37. The highest BCUT2D eigenvalue weighted by Gasteiger charge is 2.20. The van der Waals surface area contributed by atoms with Gasteiger partial charge in [-0.3, -0.25) is 4.90 Å². The third-order valence-corrected chi connectivity index (χ3v) is 2.75. The Kier molecular flexibility index (Phi) is 3.33. The summed E-state index contributed by atoms with van der Waals surface area (Å²) in [4.78, 5) is 2.23. The molecule has 1 atom stereocenters. The lowest BCUT2D eigenvalue weighted by atomic mass is 10.1. The van der Waals surface area contributed by atoms with Crippen molar-refractivity contribution in [3.05, 3.63) is 35.9 Å². The van der Waals surface area contributed by atoms with Gasteiger partial charge in [0.1, 0.15) is 6.04 Å². The summed E-state index contributed by atoms with van der Waals surface area (Å²) < 4.78 is 0. The molecule has 1 aromatic carbocycles. The van der Waals surface area contributed by atoms with E-state index in [1.165, 1.54) is 0 Å². The lowest BCUT2D eigenvalue weighted by molar-refractivity contribution is 0.207. The Labute approximate surface area is 90.3 Å². The predicted octanol–water partition coefficient (Wildman–Crippen LogP) is 1.16. The van der Waals surface area contributed by atoms with Gasteiger partial charge >= 0.3 is 0 Å². The molecular weight excluding hydrogens is 186 g/mol. The zero-order chi connectivity index (χ0) is 10.5. The van der Waals surface area contributed by atoms with E-state index < -0.39 is 0 Å². The maximum absolute atomic E-state index is 9.22. The molecule has 0 unspecified atom stereocenters. The summed E-state index contributed by atoms with van der Waals surface area (Å²) in [5, 5.41) is 12.5. The molecule has 1 N–H and O–H groups in total. The number of nitriles is 1. The quantitative estimate of drug-likeness (QED) is 0.780. The topological polar surface area (TPSA) is 39.1 Å². The zero-order valence-corrected chi connectivity index (χ0v) is 8.69. The fraction of sp³-hybridized carbons (Fsp3) is 0.417. The van der Waals surface area contributed by atoms with Crippen LogP contribution < -0.4 is 5.32 Å². The molecule has 3 nitrogen and oxygen atoms in total. The van der Waals surface area contributed by atoms with Crippen LogP contribution in [0.5, 0.6) is 0 Å². The van der Waals surface area contributed by atoms with Crippen molar-refractivity contribution >= 4 is 0 Å². The molecule has 1 saturated heterocycles. The fourth-order valence-electron chi connectivity index (χ4n) is 1.94. The Morgan fingerprint density at radius 2 is 1.87 bits per heavy atom. The van der Waals surface area contributed by atoms with Crippen LogP contribution in [0.1, 0.15) is 11.6 Å².